The van der Waals surface area contributed by atoms with Crippen molar-refractivity contribution in [2.45, 2.75) is 25.3 Å². The van der Waals surface area contributed by atoms with Crippen LogP contribution in [0.2, 0.25) is 0 Å². The zero-order valence-electron chi connectivity index (χ0n) is 7.03. The number of carbonyl (C=O) groups is 1. The zero-order chi connectivity index (χ0) is 8.97. The van der Waals surface area contributed by atoms with Gasteiger partial charge in [-0.15, -0.1) is 0 Å². The first-order chi connectivity index (χ1) is 5.70. The monoisotopic (exact) mass is 189 g/mol. The van der Waals surface area contributed by atoms with Crippen molar-refractivity contribution < 1.29 is 9.90 Å². The molecule has 2 unspecified atom stereocenters. The molecule has 1 rings (SSSR count). The van der Waals surface area contributed by atoms with Crippen LogP contribution in [0.3, 0.4) is 0 Å². The first-order valence-corrected chi connectivity index (χ1v) is 5.40. The Kier molecular flexibility index (Phi) is 3.88. The first kappa shape index (κ1) is 9.86. The molecule has 0 aliphatic carbocycles. The summed E-state index contributed by atoms with van der Waals surface area (Å²) in [5.41, 5.74) is 5.86. The summed E-state index contributed by atoms with van der Waals surface area (Å²) in [5, 5.41) is 8.48. The molecule has 0 aromatic heterocycles. The summed E-state index contributed by atoms with van der Waals surface area (Å²) in [6.45, 7) is 0. The van der Waals surface area contributed by atoms with Gasteiger partial charge in [0, 0.05) is 12.5 Å². The van der Waals surface area contributed by atoms with Crippen LogP contribution in [0.1, 0.15) is 19.3 Å². The zero-order valence-corrected chi connectivity index (χ0v) is 7.85. The number of aliphatic carboxylic acids is 1. The SMILES string of the molecule is NC1CCSCC1CCC(=O)O. The molecule has 0 aromatic rings. The Morgan fingerprint density at radius 3 is 3.00 bits per heavy atom. The molecule has 1 saturated heterocycles. The number of nitrogens with two attached hydrogens (primary N) is 1. The summed E-state index contributed by atoms with van der Waals surface area (Å²) in [6, 6.07) is 0.227. The Morgan fingerprint density at radius 1 is 1.67 bits per heavy atom. The lowest BCUT2D eigenvalue weighted by Crippen LogP contribution is -2.35. The van der Waals surface area contributed by atoms with E-state index in [-0.39, 0.29) is 12.5 Å². The second-order valence-corrected chi connectivity index (χ2v) is 4.37. The minimum Gasteiger partial charge on any atom is -0.481 e. The van der Waals surface area contributed by atoms with E-state index in [9.17, 15) is 4.79 Å². The number of rotatable bonds is 3. The maximum absolute atomic E-state index is 10.3. The van der Waals surface area contributed by atoms with Gasteiger partial charge in [-0.1, -0.05) is 0 Å². The summed E-state index contributed by atoms with van der Waals surface area (Å²) in [7, 11) is 0. The van der Waals surface area contributed by atoms with Gasteiger partial charge in [-0.2, -0.15) is 11.8 Å². The van der Waals surface area contributed by atoms with Gasteiger partial charge in [0.2, 0.25) is 0 Å². The van der Waals surface area contributed by atoms with Gasteiger partial charge in [0.1, 0.15) is 0 Å². The minimum atomic E-state index is -0.710. The summed E-state index contributed by atoms with van der Waals surface area (Å²) in [6.07, 6.45) is 2.04. The highest BCUT2D eigenvalue weighted by atomic mass is 32.2. The highest BCUT2D eigenvalue weighted by Gasteiger charge is 2.22. The third-order valence-corrected chi connectivity index (χ3v) is 3.45. The van der Waals surface area contributed by atoms with Gasteiger partial charge in [0.05, 0.1) is 0 Å². The van der Waals surface area contributed by atoms with Crippen LogP contribution in [0, 0.1) is 5.92 Å². The number of thioether (sulfide) groups is 1. The Morgan fingerprint density at radius 2 is 2.42 bits per heavy atom. The van der Waals surface area contributed by atoms with Crippen molar-refractivity contribution in [2.24, 2.45) is 11.7 Å². The van der Waals surface area contributed by atoms with Crippen LogP contribution in [0.15, 0.2) is 0 Å². The van der Waals surface area contributed by atoms with Crippen LogP contribution in [0.5, 0.6) is 0 Å². The third kappa shape index (κ3) is 3.03. The summed E-state index contributed by atoms with van der Waals surface area (Å²) >= 11 is 1.89. The van der Waals surface area contributed by atoms with Crippen LogP contribution in [0.4, 0.5) is 0 Å². The lowest BCUT2D eigenvalue weighted by atomic mass is 9.95. The first-order valence-electron chi connectivity index (χ1n) is 4.25. The van der Waals surface area contributed by atoms with Crippen LogP contribution in [0.25, 0.3) is 0 Å². The van der Waals surface area contributed by atoms with Crippen molar-refractivity contribution in [1.29, 1.82) is 0 Å². The molecule has 0 amide bonds. The van der Waals surface area contributed by atoms with E-state index >= 15 is 0 Å². The molecule has 12 heavy (non-hydrogen) atoms. The van der Waals surface area contributed by atoms with Crippen molar-refractivity contribution >= 4 is 17.7 Å². The van der Waals surface area contributed by atoms with E-state index in [1.165, 1.54) is 0 Å². The fourth-order valence-corrected chi connectivity index (χ4v) is 2.74. The molecule has 3 nitrogen and oxygen atoms in total. The number of carboxylic acid groups (broad SMARTS) is 1. The van der Waals surface area contributed by atoms with Crippen molar-refractivity contribution in [3.63, 3.8) is 0 Å². The molecule has 0 saturated carbocycles. The molecule has 1 fully saturated rings. The summed E-state index contributed by atoms with van der Waals surface area (Å²) < 4.78 is 0. The average molecular weight is 189 g/mol. The molecule has 0 bridgehead atoms. The average Bonchev–Trinajstić information content (AvgIpc) is 2.03. The Hall–Kier alpha value is -0.220. The maximum Gasteiger partial charge on any atom is 0.303 e. The molecular weight excluding hydrogens is 174 g/mol. The molecule has 1 aliphatic heterocycles. The molecule has 0 aromatic carbocycles. The summed E-state index contributed by atoms with van der Waals surface area (Å²) in [5.74, 6) is 1.87. The highest BCUT2D eigenvalue weighted by molar-refractivity contribution is 7.99. The lowest BCUT2D eigenvalue weighted by molar-refractivity contribution is -0.137. The van der Waals surface area contributed by atoms with Crippen LogP contribution in [-0.4, -0.2) is 28.6 Å². The maximum atomic E-state index is 10.3. The fourth-order valence-electron chi connectivity index (χ4n) is 1.42. The molecule has 1 aliphatic rings. The quantitative estimate of drug-likeness (QED) is 0.693. The smallest absolute Gasteiger partial charge is 0.303 e. The number of hydrogen-bond acceptors (Lipinski definition) is 3. The van der Waals surface area contributed by atoms with E-state index in [4.69, 9.17) is 10.8 Å². The predicted octanol–water partition coefficient (Wildman–Crippen LogP) is 0.932. The second-order valence-electron chi connectivity index (χ2n) is 3.22. The fraction of sp³-hybridized carbons (Fsp3) is 0.875. The van der Waals surface area contributed by atoms with Crippen molar-refractivity contribution in [3.8, 4) is 0 Å². The Balaban J connectivity index is 2.24. The molecule has 2 atom stereocenters. The van der Waals surface area contributed by atoms with E-state index in [1.54, 1.807) is 0 Å². The van der Waals surface area contributed by atoms with Crippen molar-refractivity contribution in [1.82, 2.24) is 0 Å². The summed E-state index contributed by atoms with van der Waals surface area (Å²) in [4.78, 5) is 10.3. The number of carboxylic acids is 1. The van der Waals surface area contributed by atoms with Gasteiger partial charge in [-0.3, -0.25) is 4.79 Å². The van der Waals surface area contributed by atoms with Crippen molar-refractivity contribution in [3.05, 3.63) is 0 Å². The number of hydrogen-bond donors (Lipinski definition) is 2. The predicted molar refractivity (Wildman–Crippen MR) is 50.3 cm³/mol. The molecule has 1 heterocycles. The normalized spacial score (nSPS) is 30.1. The molecular formula is C8H15NO2S. The third-order valence-electron chi connectivity index (χ3n) is 2.26. The van der Waals surface area contributed by atoms with E-state index in [1.807, 2.05) is 11.8 Å². The van der Waals surface area contributed by atoms with Gasteiger partial charge in [0.25, 0.3) is 0 Å². The molecule has 70 valence electrons. The van der Waals surface area contributed by atoms with Crippen molar-refractivity contribution in [2.75, 3.05) is 11.5 Å². The van der Waals surface area contributed by atoms with Gasteiger partial charge in [-0.25, -0.2) is 0 Å². The topological polar surface area (TPSA) is 63.3 Å². The van der Waals surface area contributed by atoms with E-state index in [0.717, 1.165) is 24.3 Å². The van der Waals surface area contributed by atoms with Crippen LogP contribution < -0.4 is 5.73 Å². The van der Waals surface area contributed by atoms with E-state index in [0.29, 0.717) is 5.92 Å². The van der Waals surface area contributed by atoms with Gasteiger partial charge >= 0.3 is 5.97 Å². The second kappa shape index (κ2) is 4.72. The van der Waals surface area contributed by atoms with Crippen LogP contribution >= 0.6 is 11.8 Å². The molecule has 0 radical (unpaired) electrons. The largest absolute Gasteiger partial charge is 0.481 e. The Labute approximate surface area is 76.7 Å². The molecule has 0 spiro atoms. The highest BCUT2D eigenvalue weighted by Crippen LogP contribution is 2.25. The van der Waals surface area contributed by atoms with E-state index in [2.05, 4.69) is 0 Å². The minimum absolute atomic E-state index is 0.227. The van der Waals surface area contributed by atoms with Crippen LogP contribution in [-0.2, 0) is 4.79 Å². The van der Waals surface area contributed by atoms with Gasteiger partial charge in [0.15, 0.2) is 0 Å². The molecule has 4 heteroatoms. The lowest BCUT2D eigenvalue weighted by Gasteiger charge is -2.27. The van der Waals surface area contributed by atoms with E-state index < -0.39 is 5.97 Å². The standard InChI is InChI=1S/C8H15NO2S/c9-7-3-4-12-5-6(7)1-2-8(10)11/h6-7H,1-5,9H2,(H,10,11). The Bertz CT molecular complexity index is 163. The van der Waals surface area contributed by atoms with Gasteiger partial charge in [-0.05, 0) is 30.3 Å². The molecule has 3 N–H and O–H groups in total. The van der Waals surface area contributed by atoms with Gasteiger partial charge < -0.3 is 10.8 Å².